The minimum atomic E-state index is -0.972. The Labute approximate surface area is 102 Å². The summed E-state index contributed by atoms with van der Waals surface area (Å²) in [5.74, 6) is 0.306. The third-order valence-electron chi connectivity index (χ3n) is 3.29. The van der Waals surface area contributed by atoms with Gasteiger partial charge in [-0.15, -0.1) is 0 Å². The number of carboxylic acids is 1. The van der Waals surface area contributed by atoms with Crippen LogP contribution in [-0.4, -0.2) is 53.1 Å². The maximum absolute atomic E-state index is 12.1. The van der Waals surface area contributed by atoms with Gasteiger partial charge in [-0.25, -0.2) is 4.79 Å². The Morgan fingerprint density at radius 1 is 1.41 bits per heavy atom. The molecule has 5 nitrogen and oxygen atoms in total. The molecule has 2 atom stereocenters. The average molecular weight is 242 g/mol. The van der Waals surface area contributed by atoms with Crippen molar-refractivity contribution >= 4 is 12.0 Å². The van der Waals surface area contributed by atoms with Crippen molar-refractivity contribution in [3.63, 3.8) is 0 Å². The molecule has 0 aliphatic heterocycles. The van der Waals surface area contributed by atoms with Crippen LogP contribution in [0.2, 0.25) is 0 Å². The van der Waals surface area contributed by atoms with Gasteiger partial charge in [-0.3, -0.25) is 4.79 Å². The van der Waals surface area contributed by atoms with Crippen LogP contribution in [0.5, 0.6) is 0 Å². The first-order chi connectivity index (χ1) is 7.82. The van der Waals surface area contributed by atoms with Crippen molar-refractivity contribution in [3.05, 3.63) is 0 Å². The van der Waals surface area contributed by atoms with Crippen molar-refractivity contribution in [3.8, 4) is 0 Å². The van der Waals surface area contributed by atoms with Crippen LogP contribution >= 0.6 is 0 Å². The van der Waals surface area contributed by atoms with Gasteiger partial charge in [-0.2, -0.15) is 0 Å². The van der Waals surface area contributed by atoms with Gasteiger partial charge in [-0.05, 0) is 32.1 Å². The van der Waals surface area contributed by atoms with E-state index in [1.165, 1.54) is 4.90 Å². The molecule has 98 valence electrons. The highest BCUT2D eigenvalue weighted by molar-refractivity contribution is 5.80. The Balaban J connectivity index is 2.53. The topological polar surface area (TPSA) is 60.9 Å². The standard InChI is InChI=1S/C12H22N2O3/c1-8(2)14(7-11(15)16)12(17)13(4)6-10-5-9(10)3/h8-10H,5-7H2,1-4H3,(H,15,16). The number of amides is 2. The van der Waals surface area contributed by atoms with Crippen molar-refractivity contribution in [2.24, 2.45) is 11.8 Å². The van der Waals surface area contributed by atoms with Gasteiger partial charge in [0.15, 0.2) is 0 Å². The number of rotatable bonds is 5. The Morgan fingerprint density at radius 3 is 2.29 bits per heavy atom. The molecule has 1 aliphatic carbocycles. The highest BCUT2D eigenvalue weighted by Crippen LogP contribution is 2.38. The fourth-order valence-electron chi connectivity index (χ4n) is 1.92. The molecule has 0 saturated heterocycles. The largest absolute Gasteiger partial charge is 0.480 e. The van der Waals surface area contributed by atoms with Crippen molar-refractivity contribution in [1.82, 2.24) is 9.80 Å². The molecule has 0 aromatic rings. The van der Waals surface area contributed by atoms with E-state index in [4.69, 9.17) is 5.11 Å². The van der Waals surface area contributed by atoms with Crippen molar-refractivity contribution in [2.45, 2.75) is 33.2 Å². The summed E-state index contributed by atoms with van der Waals surface area (Å²) in [5, 5.41) is 8.79. The Bertz CT molecular complexity index is 304. The number of urea groups is 1. The summed E-state index contributed by atoms with van der Waals surface area (Å²) in [5.41, 5.74) is 0. The summed E-state index contributed by atoms with van der Waals surface area (Å²) in [7, 11) is 1.74. The lowest BCUT2D eigenvalue weighted by molar-refractivity contribution is -0.138. The van der Waals surface area contributed by atoms with E-state index in [0.717, 1.165) is 13.0 Å². The van der Waals surface area contributed by atoms with Crippen LogP contribution in [0.1, 0.15) is 27.2 Å². The van der Waals surface area contributed by atoms with E-state index < -0.39 is 5.97 Å². The van der Waals surface area contributed by atoms with Crippen LogP contribution in [0.25, 0.3) is 0 Å². The highest BCUT2D eigenvalue weighted by Gasteiger charge is 2.35. The lowest BCUT2D eigenvalue weighted by Crippen LogP contribution is -2.47. The van der Waals surface area contributed by atoms with Gasteiger partial charge in [0.25, 0.3) is 0 Å². The molecule has 5 heteroatoms. The molecule has 1 fully saturated rings. The van der Waals surface area contributed by atoms with Gasteiger partial charge in [0.2, 0.25) is 0 Å². The van der Waals surface area contributed by atoms with Gasteiger partial charge >= 0.3 is 12.0 Å². The normalized spacial score (nSPS) is 22.4. The molecule has 0 heterocycles. The van der Waals surface area contributed by atoms with E-state index in [0.29, 0.717) is 11.8 Å². The van der Waals surface area contributed by atoms with Gasteiger partial charge in [0, 0.05) is 19.6 Å². The van der Waals surface area contributed by atoms with E-state index in [2.05, 4.69) is 6.92 Å². The fraction of sp³-hybridized carbons (Fsp3) is 0.833. The number of hydrogen-bond acceptors (Lipinski definition) is 2. The van der Waals surface area contributed by atoms with Crippen LogP contribution in [0.15, 0.2) is 0 Å². The minimum Gasteiger partial charge on any atom is -0.480 e. The van der Waals surface area contributed by atoms with E-state index in [9.17, 15) is 9.59 Å². The van der Waals surface area contributed by atoms with Crippen molar-refractivity contribution in [1.29, 1.82) is 0 Å². The van der Waals surface area contributed by atoms with Crippen LogP contribution < -0.4 is 0 Å². The number of hydrogen-bond donors (Lipinski definition) is 1. The maximum atomic E-state index is 12.1. The first-order valence-corrected chi connectivity index (χ1v) is 6.06. The summed E-state index contributed by atoms with van der Waals surface area (Å²) >= 11 is 0. The van der Waals surface area contributed by atoms with Gasteiger partial charge in [0.1, 0.15) is 6.54 Å². The summed E-state index contributed by atoms with van der Waals surface area (Å²) < 4.78 is 0. The van der Waals surface area contributed by atoms with Crippen LogP contribution in [-0.2, 0) is 4.79 Å². The van der Waals surface area contributed by atoms with E-state index in [1.54, 1.807) is 11.9 Å². The monoisotopic (exact) mass is 242 g/mol. The second-order valence-corrected chi connectivity index (χ2v) is 5.25. The molecule has 17 heavy (non-hydrogen) atoms. The zero-order valence-corrected chi connectivity index (χ0v) is 11.0. The smallest absolute Gasteiger partial charge is 0.323 e. The summed E-state index contributed by atoms with van der Waals surface area (Å²) in [6.07, 6.45) is 1.16. The van der Waals surface area contributed by atoms with Crippen LogP contribution in [0.3, 0.4) is 0 Å². The number of nitrogens with zero attached hydrogens (tertiary/aromatic N) is 2. The number of carbonyl (C=O) groups is 2. The summed E-state index contributed by atoms with van der Waals surface area (Å²) in [6.45, 7) is 6.31. The minimum absolute atomic E-state index is 0.0994. The second kappa shape index (κ2) is 5.38. The number of carbonyl (C=O) groups excluding carboxylic acids is 1. The summed E-state index contributed by atoms with van der Waals surface area (Å²) in [4.78, 5) is 25.8. The molecule has 1 aliphatic rings. The van der Waals surface area contributed by atoms with Crippen LogP contribution in [0, 0.1) is 11.8 Å². The molecular weight excluding hydrogens is 220 g/mol. The quantitative estimate of drug-likeness (QED) is 0.794. The second-order valence-electron chi connectivity index (χ2n) is 5.25. The number of carboxylic acid groups (broad SMARTS) is 1. The molecule has 1 saturated carbocycles. The molecule has 0 bridgehead atoms. The maximum Gasteiger partial charge on any atom is 0.323 e. The molecule has 0 spiro atoms. The van der Waals surface area contributed by atoms with Gasteiger partial charge in [0.05, 0.1) is 0 Å². The van der Waals surface area contributed by atoms with Crippen molar-refractivity contribution < 1.29 is 14.7 Å². The number of aliphatic carboxylic acids is 1. The Morgan fingerprint density at radius 2 is 1.94 bits per heavy atom. The molecule has 0 aromatic heterocycles. The molecular formula is C12H22N2O3. The van der Waals surface area contributed by atoms with E-state index in [1.807, 2.05) is 13.8 Å². The first-order valence-electron chi connectivity index (χ1n) is 6.06. The SMILES string of the molecule is CC1CC1CN(C)C(=O)N(CC(=O)O)C(C)C. The van der Waals surface area contributed by atoms with Gasteiger partial charge < -0.3 is 14.9 Å². The molecule has 0 aromatic carbocycles. The molecule has 0 radical (unpaired) electrons. The lowest BCUT2D eigenvalue weighted by Gasteiger charge is -2.30. The Kier molecular flexibility index (Phi) is 4.37. The van der Waals surface area contributed by atoms with E-state index >= 15 is 0 Å². The van der Waals surface area contributed by atoms with Gasteiger partial charge in [-0.1, -0.05) is 6.92 Å². The summed E-state index contributed by atoms with van der Waals surface area (Å²) in [6, 6.07) is -0.292. The van der Waals surface area contributed by atoms with Crippen molar-refractivity contribution in [2.75, 3.05) is 20.1 Å². The molecule has 2 unspecified atom stereocenters. The average Bonchev–Trinajstić information content (AvgIpc) is 2.89. The zero-order chi connectivity index (χ0) is 13.2. The first kappa shape index (κ1) is 13.8. The predicted molar refractivity (Wildman–Crippen MR) is 64.8 cm³/mol. The zero-order valence-electron chi connectivity index (χ0n) is 11.0. The van der Waals surface area contributed by atoms with Crippen LogP contribution in [0.4, 0.5) is 4.79 Å². The molecule has 2 amide bonds. The third-order valence-corrected chi connectivity index (χ3v) is 3.29. The lowest BCUT2D eigenvalue weighted by atomic mass is 10.3. The molecule has 1 N–H and O–H groups in total. The highest BCUT2D eigenvalue weighted by atomic mass is 16.4. The fourth-order valence-corrected chi connectivity index (χ4v) is 1.92. The Hall–Kier alpha value is -1.26. The predicted octanol–water partition coefficient (Wildman–Crippen LogP) is 1.49. The van der Waals surface area contributed by atoms with E-state index in [-0.39, 0.29) is 18.6 Å². The molecule has 1 rings (SSSR count). The third kappa shape index (κ3) is 3.91.